The second-order valence-corrected chi connectivity index (χ2v) is 7.63. The van der Waals surface area contributed by atoms with E-state index in [1.807, 2.05) is 0 Å². The minimum Gasteiger partial charge on any atom is -0.396 e. The van der Waals surface area contributed by atoms with Gasteiger partial charge >= 0.3 is 0 Å². The third-order valence-electron chi connectivity index (χ3n) is 5.12. The van der Waals surface area contributed by atoms with E-state index in [9.17, 15) is 5.11 Å². The molecule has 1 heterocycles. The quantitative estimate of drug-likeness (QED) is 0.753. The Hall–Kier alpha value is -0.120. The molecule has 2 atom stereocenters. The molecular formula is C17H34N2O. The Balaban J connectivity index is 1.80. The van der Waals surface area contributed by atoms with Crippen molar-refractivity contribution in [2.24, 2.45) is 17.8 Å². The van der Waals surface area contributed by atoms with Gasteiger partial charge in [0.25, 0.3) is 0 Å². The van der Waals surface area contributed by atoms with E-state index in [-0.39, 0.29) is 0 Å². The van der Waals surface area contributed by atoms with Gasteiger partial charge in [0.1, 0.15) is 0 Å². The third kappa shape index (κ3) is 4.71. The van der Waals surface area contributed by atoms with E-state index in [2.05, 4.69) is 31.0 Å². The first-order valence-corrected chi connectivity index (χ1v) is 8.66. The summed E-state index contributed by atoms with van der Waals surface area (Å²) >= 11 is 0. The fraction of sp³-hybridized carbons (Fsp3) is 1.00. The molecule has 0 aromatic heterocycles. The first-order chi connectivity index (χ1) is 9.58. The monoisotopic (exact) mass is 282 g/mol. The zero-order valence-electron chi connectivity index (χ0n) is 13.6. The third-order valence-corrected chi connectivity index (χ3v) is 5.12. The van der Waals surface area contributed by atoms with Crippen molar-refractivity contribution in [2.75, 3.05) is 26.2 Å². The fourth-order valence-electron chi connectivity index (χ4n) is 3.81. The van der Waals surface area contributed by atoms with Gasteiger partial charge in [0.15, 0.2) is 0 Å². The van der Waals surface area contributed by atoms with Crippen LogP contribution >= 0.6 is 0 Å². The number of hydrogen-bond acceptors (Lipinski definition) is 3. The van der Waals surface area contributed by atoms with Crippen molar-refractivity contribution >= 4 is 0 Å². The number of rotatable bonds is 7. The number of likely N-dealkylation sites (tertiary alicyclic amines) is 1. The predicted molar refractivity (Wildman–Crippen MR) is 84.8 cm³/mol. The molecule has 2 aliphatic rings. The SMILES string of the molecule is CC(C)CCNC1CC(CCO)CN(C2CC(C)C2)C1. The molecule has 0 amide bonds. The number of nitrogens with zero attached hydrogens (tertiary/aromatic N) is 1. The summed E-state index contributed by atoms with van der Waals surface area (Å²) in [5, 5.41) is 13.0. The molecule has 2 unspecified atom stereocenters. The molecule has 1 saturated carbocycles. The molecule has 3 heteroatoms. The molecular weight excluding hydrogens is 248 g/mol. The highest BCUT2D eigenvalue weighted by Gasteiger charge is 2.36. The Morgan fingerprint density at radius 3 is 2.55 bits per heavy atom. The van der Waals surface area contributed by atoms with Crippen molar-refractivity contribution in [3.8, 4) is 0 Å². The van der Waals surface area contributed by atoms with E-state index in [0.29, 0.717) is 18.6 Å². The highest BCUT2D eigenvalue weighted by Crippen LogP contribution is 2.34. The van der Waals surface area contributed by atoms with Gasteiger partial charge in [0.2, 0.25) is 0 Å². The van der Waals surface area contributed by atoms with Crippen LogP contribution in [-0.4, -0.2) is 48.3 Å². The van der Waals surface area contributed by atoms with Gasteiger partial charge in [-0.1, -0.05) is 20.8 Å². The van der Waals surface area contributed by atoms with Crippen molar-refractivity contribution in [1.82, 2.24) is 10.2 Å². The molecule has 3 nitrogen and oxygen atoms in total. The minimum atomic E-state index is 0.346. The maximum Gasteiger partial charge on any atom is 0.0434 e. The van der Waals surface area contributed by atoms with Crippen LogP contribution in [0.1, 0.15) is 52.9 Å². The average Bonchev–Trinajstić information content (AvgIpc) is 2.35. The molecule has 0 spiro atoms. The van der Waals surface area contributed by atoms with Crippen LogP contribution in [0.15, 0.2) is 0 Å². The van der Waals surface area contributed by atoms with E-state index in [1.54, 1.807) is 0 Å². The summed E-state index contributed by atoms with van der Waals surface area (Å²) in [5.41, 5.74) is 0. The molecule has 0 aromatic rings. The van der Waals surface area contributed by atoms with E-state index < -0.39 is 0 Å². The zero-order valence-corrected chi connectivity index (χ0v) is 13.6. The van der Waals surface area contributed by atoms with Crippen LogP contribution in [0.2, 0.25) is 0 Å². The molecule has 0 aromatic carbocycles. The maximum atomic E-state index is 9.25. The van der Waals surface area contributed by atoms with E-state index in [1.165, 1.54) is 38.8 Å². The number of nitrogens with one attached hydrogen (secondary N) is 1. The summed E-state index contributed by atoms with van der Waals surface area (Å²) in [6.07, 6.45) is 6.25. The molecule has 0 bridgehead atoms. The smallest absolute Gasteiger partial charge is 0.0434 e. The number of piperidine rings is 1. The van der Waals surface area contributed by atoms with Crippen LogP contribution < -0.4 is 5.32 Å². The van der Waals surface area contributed by atoms with Gasteiger partial charge in [0.05, 0.1) is 0 Å². The van der Waals surface area contributed by atoms with Gasteiger partial charge < -0.3 is 10.4 Å². The molecule has 2 rings (SSSR count). The second kappa shape index (κ2) is 7.77. The first-order valence-electron chi connectivity index (χ1n) is 8.66. The van der Waals surface area contributed by atoms with Crippen molar-refractivity contribution in [2.45, 2.75) is 65.0 Å². The lowest BCUT2D eigenvalue weighted by atomic mass is 9.78. The van der Waals surface area contributed by atoms with Crippen LogP contribution in [-0.2, 0) is 0 Å². The zero-order chi connectivity index (χ0) is 14.5. The number of aliphatic hydroxyl groups excluding tert-OH is 1. The van der Waals surface area contributed by atoms with E-state index in [0.717, 1.165) is 30.8 Å². The summed E-state index contributed by atoms with van der Waals surface area (Å²) in [4.78, 5) is 2.71. The summed E-state index contributed by atoms with van der Waals surface area (Å²) in [7, 11) is 0. The topological polar surface area (TPSA) is 35.5 Å². The van der Waals surface area contributed by atoms with Gasteiger partial charge in [-0.3, -0.25) is 4.90 Å². The fourth-order valence-corrected chi connectivity index (χ4v) is 3.81. The number of hydrogen-bond donors (Lipinski definition) is 2. The standard InChI is InChI=1S/C17H34N2O/c1-13(2)4-6-18-16-10-15(5-7-20)11-19(12-16)17-8-14(3)9-17/h13-18,20H,4-12H2,1-3H3. The van der Waals surface area contributed by atoms with Gasteiger partial charge in [0, 0.05) is 31.8 Å². The normalized spacial score (nSPS) is 35.2. The summed E-state index contributed by atoms with van der Waals surface area (Å²) in [6.45, 7) is 10.9. The van der Waals surface area contributed by atoms with Gasteiger partial charge in [-0.15, -0.1) is 0 Å². The summed E-state index contributed by atoms with van der Waals surface area (Å²) in [6, 6.07) is 1.45. The van der Waals surface area contributed by atoms with Crippen LogP contribution in [0.25, 0.3) is 0 Å². The Labute approximate surface area is 125 Å². The predicted octanol–water partition coefficient (Wildman–Crippen LogP) is 2.49. The van der Waals surface area contributed by atoms with E-state index in [4.69, 9.17) is 0 Å². The Kier molecular flexibility index (Phi) is 6.31. The Morgan fingerprint density at radius 2 is 1.95 bits per heavy atom. The number of aliphatic hydroxyl groups is 1. The highest BCUT2D eigenvalue weighted by molar-refractivity contribution is 4.92. The van der Waals surface area contributed by atoms with Crippen LogP contribution in [0.5, 0.6) is 0 Å². The molecule has 118 valence electrons. The first kappa shape index (κ1) is 16.3. The summed E-state index contributed by atoms with van der Waals surface area (Å²) in [5.74, 6) is 2.38. The molecule has 2 N–H and O–H groups in total. The summed E-state index contributed by atoms with van der Waals surface area (Å²) < 4.78 is 0. The van der Waals surface area contributed by atoms with Crippen LogP contribution in [0, 0.1) is 17.8 Å². The second-order valence-electron chi connectivity index (χ2n) is 7.63. The molecule has 1 aliphatic carbocycles. The van der Waals surface area contributed by atoms with E-state index >= 15 is 0 Å². The lowest BCUT2D eigenvalue weighted by Crippen LogP contribution is -2.55. The van der Waals surface area contributed by atoms with Crippen molar-refractivity contribution in [1.29, 1.82) is 0 Å². The van der Waals surface area contributed by atoms with Gasteiger partial charge in [-0.2, -0.15) is 0 Å². The minimum absolute atomic E-state index is 0.346. The van der Waals surface area contributed by atoms with Crippen molar-refractivity contribution in [3.05, 3.63) is 0 Å². The highest BCUT2D eigenvalue weighted by atomic mass is 16.3. The Bertz CT molecular complexity index is 276. The lowest BCUT2D eigenvalue weighted by molar-refractivity contribution is 0.0281. The largest absolute Gasteiger partial charge is 0.396 e. The molecule has 20 heavy (non-hydrogen) atoms. The van der Waals surface area contributed by atoms with Crippen LogP contribution in [0.3, 0.4) is 0 Å². The molecule has 2 fully saturated rings. The molecule has 0 radical (unpaired) electrons. The van der Waals surface area contributed by atoms with Gasteiger partial charge in [-0.05, 0) is 56.4 Å². The van der Waals surface area contributed by atoms with Crippen molar-refractivity contribution < 1.29 is 5.11 Å². The maximum absolute atomic E-state index is 9.25. The van der Waals surface area contributed by atoms with Crippen molar-refractivity contribution in [3.63, 3.8) is 0 Å². The van der Waals surface area contributed by atoms with Gasteiger partial charge in [-0.25, -0.2) is 0 Å². The molecule has 1 saturated heterocycles. The molecule has 1 aliphatic heterocycles. The van der Waals surface area contributed by atoms with Crippen LogP contribution in [0.4, 0.5) is 0 Å². The average molecular weight is 282 g/mol. The Morgan fingerprint density at radius 1 is 1.20 bits per heavy atom. The lowest BCUT2D eigenvalue weighted by Gasteiger charge is -2.47.